The van der Waals surface area contributed by atoms with Gasteiger partial charge >= 0.3 is 39.5 Å². The van der Waals surface area contributed by atoms with Crippen LogP contribution in [0.2, 0.25) is 0 Å². The Morgan fingerprint density at radius 2 is 0.568 bits per heavy atom. The van der Waals surface area contributed by atoms with Gasteiger partial charge in [-0.1, -0.05) is 310 Å². The molecule has 19 heteroatoms. The van der Waals surface area contributed by atoms with Crippen molar-refractivity contribution in [2.45, 2.75) is 381 Å². The zero-order chi connectivity index (χ0) is 70.1. The summed E-state index contributed by atoms with van der Waals surface area (Å²) in [5.41, 5.74) is 0. The van der Waals surface area contributed by atoms with Crippen molar-refractivity contribution in [1.29, 1.82) is 0 Å². The van der Waals surface area contributed by atoms with Gasteiger partial charge in [0.05, 0.1) is 26.4 Å². The minimum atomic E-state index is -4.97. The minimum absolute atomic E-state index is 0.0849. The Bertz CT molecular complexity index is 1950. The zero-order valence-electron chi connectivity index (χ0n) is 61.6. The molecule has 3 N–H and O–H groups in total. The van der Waals surface area contributed by atoms with Crippen LogP contribution in [0.15, 0.2) is 24.3 Å². The predicted octanol–water partition coefficient (Wildman–Crippen LogP) is 21.7. The van der Waals surface area contributed by atoms with E-state index in [4.69, 9.17) is 37.0 Å². The Labute approximate surface area is 580 Å². The first-order valence-electron chi connectivity index (χ1n) is 38.7. The summed E-state index contributed by atoms with van der Waals surface area (Å²) >= 11 is 0. The van der Waals surface area contributed by atoms with Gasteiger partial charge in [0, 0.05) is 25.7 Å². The van der Waals surface area contributed by atoms with Crippen LogP contribution in [0.3, 0.4) is 0 Å². The highest BCUT2D eigenvalue weighted by Crippen LogP contribution is 2.45. The lowest BCUT2D eigenvalue weighted by molar-refractivity contribution is -0.161. The van der Waals surface area contributed by atoms with Gasteiger partial charge in [0.25, 0.3) is 0 Å². The molecule has 0 fully saturated rings. The molecule has 0 heterocycles. The van der Waals surface area contributed by atoms with Crippen LogP contribution in [0.5, 0.6) is 0 Å². The number of phosphoric ester groups is 2. The van der Waals surface area contributed by atoms with E-state index in [2.05, 4.69) is 72.8 Å². The number of hydrogen-bond donors (Lipinski definition) is 3. The third-order valence-electron chi connectivity index (χ3n) is 17.0. The molecule has 0 radical (unpaired) electrons. The van der Waals surface area contributed by atoms with E-state index in [9.17, 15) is 43.2 Å². The standard InChI is InChI=1S/C76H144O17P2/c1-8-9-10-11-12-13-14-15-17-22-25-28-38-45-52-59-75(80)92-71(63-86-73(78)57-50-43-36-27-24-21-19-16-18-20-23-26-33-40-47-54-67(2)3)65-90-94(82,83)88-61-70(77)62-89-95(84,85)91-66-72(93-76(81)60-53-46-39-32-30-35-42-49-56-69(6)7)64-87-74(79)58-51-44-37-31-29-34-41-48-55-68(4)5/h13-15,17,67-72,77H,8-12,16,18-66H2,1-7H3,(H,82,83)(H,84,85)/b14-13-,17-15-/t70?,71-,72-/m1/s1. The maximum Gasteiger partial charge on any atom is 0.472 e. The Hall–Kier alpha value is -2.46. The zero-order valence-corrected chi connectivity index (χ0v) is 63.4. The van der Waals surface area contributed by atoms with E-state index in [-0.39, 0.29) is 25.7 Å². The van der Waals surface area contributed by atoms with Crippen molar-refractivity contribution in [3.63, 3.8) is 0 Å². The molecule has 0 spiro atoms. The van der Waals surface area contributed by atoms with Gasteiger partial charge < -0.3 is 33.8 Å². The van der Waals surface area contributed by atoms with E-state index in [1.807, 2.05) is 0 Å². The van der Waals surface area contributed by atoms with Crippen LogP contribution in [0.1, 0.15) is 363 Å². The van der Waals surface area contributed by atoms with Crippen LogP contribution in [0.4, 0.5) is 0 Å². The molecule has 0 aromatic carbocycles. The highest BCUT2D eigenvalue weighted by atomic mass is 31.2. The van der Waals surface area contributed by atoms with Gasteiger partial charge in [-0.05, 0) is 69.1 Å². The van der Waals surface area contributed by atoms with Crippen LogP contribution in [0, 0.1) is 17.8 Å². The number of carbonyl (C=O) groups is 4. The number of aliphatic hydroxyl groups is 1. The van der Waals surface area contributed by atoms with Crippen molar-refractivity contribution >= 4 is 39.5 Å². The van der Waals surface area contributed by atoms with E-state index in [1.54, 1.807) is 0 Å². The fraction of sp³-hybridized carbons (Fsp3) is 0.895. The van der Waals surface area contributed by atoms with Crippen molar-refractivity contribution in [3.8, 4) is 0 Å². The van der Waals surface area contributed by atoms with E-state index < -0.39 is 97.5 Å². The Morgan fingerprint density at radius 1 is 0.326 bits per heavy atom. The molecule has 0 aliphatic heterocycles. The van der Waals surface area contributed by atoms with E-state index in [0.717, 1.165) is 115 Å². The first kappa shape index (κ1) is 92.5. The molecule has 5 atom stereocenters. The summed E-state index contributed by atoms with van der Waals surface area (Å²) in [5, 5.41) is 10.6. The first-order chi connectivity index (χ1) is 45.7. The van der Waals surface area contributed by atoms with Crippen LogP contribution < -0.4 is 0 Å². The van der Waals surface area contributed by atoms with E-state index in [1.165, 1.54) is 161 Å². The molecule has 17 nitrogen and oxygen atoms in total. The quantitative estimate of drug-likeness (QED) is 0.0169. The molecule has 0 aliphatic rings. The fourth-order valence-electron chi connectivity index (χ4n) is 11.1. The molecule has 0 aromatic rings. The van der Waals surface area contributed by atoms with Gasteiger partial charge in [-0.3, -0.25) is 37.3 Å². The number of allylic oxidation sites excluding steroid dienone is 4. The van der Waals surface area contributed by atoms with Crippen LogP contribution in [0.25, 0.3) is 0 Å². The Morgan fingerprint density at radius 3 is 0.853 bits per heavy atom. The second kappa shape index (κ2) is 66.1. The van der Waals surface area contributed by atoms with Crippen molar-refractivity contribution in [3.05, 3.63) is 24.3 Å². The van der Waals surface area contributed by atoms with Crippen LogP contribution in [-0.2, 0) is 65.4 Å². The average molecular weight is 1390 g/mol. The second-order valence-electron chi connectivity index (χ2n) is 28.1. The summed E-state index contributed by atoms with van der Waals surface area (Å²) in [4.78, 5) is 72.8. The molecule has 0 saturated carbocycles. The molecule has 0 aromatic heterocycles. The number of phosphoric acid groups is 2. The third-order valence-corrected chi connectivity index (χ3v) is 18.9. The topological polar surface area (TPSA) is 237 Å². The highest BCUT2D eigenvalue weighted by molar-refractivity contribution is 7.47. The summed E-state index contributed by atoms with van der Waals surface area (Å²) in [7, 11) is -9.92. The second-order valence-corrected chi connectivity index (χ2v) is 31.0. The van der Waals surface area contributed by atoms with Crippen molar-refractivity contribution in [2.24, 2.45) is 17.8 Å². The molecule has 0 aliphatic carbocycles. The molecule has 0 amide bonds. The number of hydrogen-bond acceptors (Lipinski definition) is 15. The van der Waals surface area contributed by atoms with E-state index in [0.29, 0.717) is 31.6 Å². The Kier molecular flexibility index (Phi) is 64.4. The molecule has 560 valence electrons. The highest BCUT2D eigenvalue weighted by Gasteiger charge is 2.30. The molecular formula is C76H144O17P2. The largest absolute Gasteiger partial charge is 0.472 e. The maximum absolute atomic E-state index is 13.1. The molecular weight excluding hydrogens is 1250 g/mol. The maximum atomic E-state index is 13.1. The molecule has 0 saturated heterocycles. The summed E-state index contributed by atoms with van der Waals surface area (Å²) < 4.78 is 68.4. The van der Waals surface area contributed by atoms with Crippen molar-refractivity contribution < 1.29 is 80.2 Å². The Balaban J connectivity index is 5.27. The van der Waals surface area contributed by atoms with Crippen LogP contribution in [-0.4, -0.2) is 96.7 Å². The summed E-state index contributed by atoms with van der Waals surface area (Å²) in [6, 6.07) is 0. The van der Waals surface area contributed by atoms with Gasteiger partial charge in [0.15, 0.2) is 12.2 Å². The van der Waals surface area contributed by atoms with Crippen LogP contribution >= 0.6 is 15.6 Å². The normalized spacial score (nSPS) is 14.2. The minimum Gasteiger partial charge on any atom is -0.462 e. The number of esters is 4. The predicted molar refractivity (Wildman–Crippen MR) is 386 cm³/mol. The van der Waals surface area contributed by atoms with E-state index >= 15 is 0 Å². The summed E-state index contributed by atoms with van der Waals surface area (Å²) in [5.74, 6) is 0.0948. The first-order valence-corrected chi connectivity index (χ1v) is 41.7. The summed E-state index contributed by atoms with van der Waals surface area (Å²) in [6.07, 6.45) is 55.0. The van der Waals surface area contributed by atoms with Gasteiger partial charge in [0.2, 0.25) is 0 Å². The fourth-order valence-corrected chi connectivity index (χ4v) is 12.6. The number of unbranched alkanes of at least 4 members (excludes halogenated alkanes) is 37. The number of aliphatic hydroxyl groups excluding tert-OH is 1. The van der Waals surface area contributed by atoms with Gasteiger partial charge in [0.1, 0.15) is 19.3 Å². The van der Waals surface area contributed by atoms with Gasteiger partial charge in [-0.15, -0.1) is 0 Å². The van der Waals surface area contributed by atoms with Gasteiger partial charge in [-0.2, -0.15) is 0 Å². The molecule has 95 heavy (non-hydrogen) atoms. The van der Waals surface area contributed by atoms with Gasteiger partial charge in [-0.25, -0.2) is 9.13 Å². The third kappa shape index (κ3) is 69.8. The number of carbonyl (C=O) groups excluding carboxylic acids is 4. The smallest absolute Gasteiger partial charge is 0.462 e. The lowest BCUT2D eigenvalue weighted by atomic mass is 10.0. The molecule has 0 rings (SSSR count). The lowest BCUT2D eigenvalue weighted by Gasteiger charge is -2.21. The lowest BCUT2D eigenvalue weighted by Crippen LogP contribution is -2.30. The monoisotopic (exact) mass is 1390 g/mol. The number of rotatable bonds is 72. The van der Waals surface area contributed by atoms with Crippen molar-refractivity contribution in [2.75, 3.05) is 39.6 Å². The molecule has 3 unspecified atom stereocenters. The SMILES string of the molecule is CCCCCC/C=C\C=C/CCCCCCCC(=O)O[C@H](COC(=O)CCCCCCCCCCCCCCCCCC(C)C)COP(=O)(O)OCC(O)COP(=O)(O)OC[C@@H](COC(=O)CCCCCCCCCCC(C)C)OC(=O)CCCCCCCCCCC(C)C. The molecule has 0 bridgehead atoms. The van der Waals surface area contributed by atoms with Crippen molar-refractivity contribution in [1.82, 2.24) is 0 Å². The summed E-state index contributed by atoms with van der Waals surface area (Å²) in [6.45, 7) is 11.8. The number of ether oxygens (including phenoxy) is 4. The average Bonchev–Trinajstić information content (AvgIpc) is 2.36.